The number of imide groups is 1. The molecule has 4 fully saturated rings. The first kappa shape index (κ1) is 42.1. The number of piperidine rings is 2. The quantitative estimate of drug-likeness (QED) is 0.116. The van der Waals surface area contributed by atoms with Crippen molar-refractivity contribution >= 4 is 63.5 Å². The van der Waals surface area contributed by atoms with Crippen LogP contribution >= 0.6 is 11.6 Å². The molecule has 7 heterocycles. The molecule has 15 nitrogen and oxygen atoms in total. The highest BCUT2D eigenvalue weighted by atomic mass is 35.5. The van der Waals surface area contributed by atoms with Crippen LogP contribution in [0.25, 0.3) is 16.9 Å². The topological polar surface area (TPSA) is 155 Å². The van der Waals surface area contributed by atoms with E-state index in [1.807, 2.05) is 54.5 Å². The summed E-state index contributed by atoms with van der Waals surface area (Å²) in [6.45, 7) is 4.36. The molecule has 0 bridgehead atoms. The van der Waals surface area contributed by atoms with Gasteiger partial charge in [0, 0.05) is 100 Å². The minimum Gasteiger partial charge on any atom is -0.385 e. The Balaban J connectivity index is 0.735. The van der Waals surface area contributed by atoms with Crippen LogP contribution in [0.1, 0.15) is 53.7 Å². The predicted molar refractivity (Wildman–Crippen MR) is 242 cm³/mol. The van der Waals surface area contributed by atoms with Gasteiger partial charge >= 0.3 is 0 Å². The molecule has 0 spiro atoms. The molecular weight excluding hydrogens is 842 g/mol. The number of nitrogens with zero attached hydrogens (tertiary/aromatic N) is 8. The van der Waals surface area contributed by atoms with Crippen LogP contribution in [0.5, 0.6) is 0 Å². The molecule has 334 valence electrons. The van der Waals surface area contributed by atoms with Gasteiger partial charge in [0.05, 0.1) is 34.8 Å². The number of piperazine rings is 1. The predicted octanol–water partition coefficient (Wildman–Crippen LogP) is 5.57. The second-order valence-corrected chi connectivity index (χ2v) is 18.0. The standard InChI is InChI=1S/C46H51ClF2N12O3/c1-50-37-22-41(56-61-40(24-52-43(37)61)45(64)54-30-6-7-30)60-16-14-33-32(3-2-4-38(33)60)35-9-5-28(23-51-35)25-58-15-13-29(46(48,49)27-58)26-57-17-19-59(20-18-57)39-11-8-31(21-34(39)47)53-36-10-12-42(62)55-44(36)63/h2-5,8-9,11,21-24,29-30,36,50,53H,6-7,10,12-20,25-27H2,1H3,(H,54,64)(H,55,62,63). The molecule has 18 heteroatoms. The van der Waals surface area contributed by atoms with E-state index < -0.39 is 17.9 Å². The van der Waals surface area contributed by atoms with E-state index in [0.717, 1.165) is 58.7 Å². The Morgan fingerprint density at radius 1 is 0.906 bits per heavy atom. The number of carbonyl (C=O) groups is 3. The molecule has 1 aliphatic carbocycles. The lowest BCUT2D eigenvalue weighted by Gasteiger charge is -2.42. The summed E-state index contributed by atoms with van der Waals surface area (Å²) in [5.41, 5.74) is 8.20. The van der Waals surface area contributed by atoms with Crippen molar-refractivity contribution in [3.63, 3.8) is 0 Å². The number of fused-ring (bicyclic) bond motifs is 2. The smallest absolute Gasteiger partial charge is 0.271 e. The molecule has 2 atom stereocenters. The molecule has 4 N–H and O–H groups in total. The minimum absolute atomic E-state index is 0.183. The van der Waals surface area contributed by atoms with Gasteiger partial charge in [-0.25, -0.2) is 18.3 Å². The van der Waals surface area contributed by atoms with Crippen LogP contribution in [-0.4, -0.2) is 125 Å². The van der Waals surface area contributed by atoms with Crippen molar-refractivity contribution in [2.45, 2.75) is 63.1 Å². The molecule has 64 heavy (non-hydrogen) atoms. The monoisotopic (exact) mass is 892 g/mol. The molecule has 5 aliphatic rings. The van der Waals surface area contributed by atoms with E-state index in [-0.39, 0.29) is 36.7 Å². The molecular formula is C46H51ClF2N12O3. The number of halogens is 3. The van der Waals surface area contributed by atoms with E-state index in [0.29, 0.717) is 93.1 Å². The van der Waals surface area contributed by atoms with E-state index in [4.69, 9.17) is 21.7 Å². The first-order chi connectivity index (χ1) is 31.0. The maximum absolute atomic E-state index is 15.8. The molecule has 5 aromatic rings. The van der Waals surface area contributed by atoms with Crippen molar-refractivity contribution in [1.82, 2.24) is 40.0 Å². The lowest BCUT2D eigenvalue weighted by molar-refractivity contribution is -0.133. The molecule has 4 aliphatic heterocycles. The van der Waals surface area contributed by atoms with Gasteiger partial charge in [-0.2, -0.15) is 0 Å². The van der Waals surface area contributed by atoms with Gasteiger partial charge in [0.15, 0.2) is 17.2 Å². The zero-order valence-electron chi connectivity index (χ0n) is 35.6. The van der Waals surface area contributed by atoms with E-state index in [9.17, 15) is 14.4 Å². The van der Waals surface area contributed by atoms with Crippen LogP contribution in [0.3, 0.4) is 0 Å². The van der Waals surface area contributed by atoms with Gasteiger partial charge in [0.25, 0.3) is 11.8 Å². The second-order valence-electron chi connectivity index (χ2n) is 17.6. The van der Waals surface area contributed by atoms with Gasteiger partial charge < -0.3 is 25.8 Å². The number of carbonyl (C=O) groups excluding carboxylic acids is 3. The average Bonchev–Trinajstić information content (AvgIpc) is 3.81. The van der Waals surface area contributed by atoms with Crippen LogP contribution in [0.15, 0.2) is 67.0 Å². The summed E-state index contributed by atoms with van der Waals surface area (Å²) in [5, 5.41) is 17.2. The number of aromatic nitrogens is 4. The zero-order chi connectivity index (χ0) is 44.1. The van der Waals surface area contributed by atoms with Crippen molar-refractivity contribution in [2.75, 3.05) is 79.8 Å². The number of anilines is 5. The number of rotatable bonds is 12. The number of nitrogens with one attached hydrogen (secondary N) is 4. The third kappa shape index (κ3) is 8.55. The Bertz CT molecular complexity index is 2600. The van der Waals surface area contributed by atoms with Gasteiger partial charge in [0.1, 0.15) is 6.04 Å². The molecule has 3 saturated heterocycles. The van der Waals surface area contributed by atoms with E-state index in [1.165, 1.54) is 0 Å². The number of imidazole rings is 1. The fraction of sp³-hybridized carbons (Fsp3) is 0.435. The SMILES string of the molecule is CNc1cc(N2CCc3c(-c4ccc(CN5CCC(CN6CCN(c7ccc(NC8CCC(=O)NC8=O)cc7Cl)CC6)C(F)(F)C5)cn4)cccc32)nn2c(C(=O)NC3CC3)cnc12. The Hall–Kier alpha value is -5.91. The third-order valence-corrected chi connectivity index (χ3v) is 13.5. The number of likely N-dealkylation sites (tertiary alicyclic amines) is 1. The first-order valence-electron chi connectivity index (χ1n) is 22.2. The van der Waals surface area contributed by atoms with Crippen molar-refractivity contribution < 1.29 is 23.2 Å². The molecule has 0 radical (unpaired) electrons. The first-order valence-corrected chi connectivity index (χ1v) is 22.6. The van der Waals surface area contributed by atoms with E-state index in [2.05, 4.69) is 53.1 Å². The Morgan fingerprint density at radius 2 is 1.75 bits per heavy atom. The van der Waals surface area contributed by atoms with Crippen molar-refractivity contribution in [3.8, 4) is 11.3 Å². The van der Waals surface area contributed by atoms with Crippen LogP contribution in [0, 0.1) is 5.92 Å². The number of amides is 3. The third-order valence-electron chi connectivity index (χ3n) is 13.2. The summed E-state index contributed by atoms with van der Waals surface area (Å²) in [5.74, 6) is -3.65. The normalized spacial score (nSPS) is 21.5. The van der Waals surface area contributed by atoms with Gasteiger partial charge in [-0.05, 0) is 80.1 Å². The summed E-state index contributed by atoms with van der Waals surface area (Å²) in [7, 11) is 1.83. The maximum Gasteiger partial charge on any atom is 0.271 e. The lowest BCUT2D eigenvalue weighted by Crippen LogP contribution is -2.54. The molecule has 3 aromatic heterocycles. The van der Waals surface area contributed by atoms with E-state index >= 15 is 8.78 Å². The van der Waals surface area contributed by atoms with Crippen LogP contribution in [-0.2, 0) is 22.6 Å². The second kappa shape index (κ2) is 17.2. The average molecular weight is 893 g/mol. The number of hydrogen-bond acceptors (Lipinski definition) is 12. The molecule has 1 saturated carbocycles. The summed E-state index contributed by atoms with van der Waals surface area (Å²) >= 11 is 6.69. The zero-order valence-corrected chi connectivity index (χ0v) is 36.4. The summed E-state index contributed by atoms with van der Waals surface area (Å²) in [4.78, 5) is 54.4. The summed E-state index contributed by atoms with van der Waals surface area (Å²) in [6.07, 6.45) is 7.24. The van der Waals surface area contributed by atoms with Crippen molar-refractivity contribution in [2.24, 2.45) is 5.92 Å². The summed E-state index contributed by atoms with van der Waals surface area (Å²) in [6, 6.07) is 17.4. The van der Waals surface area contributed by atoms with Gasteiger partial charge in [-0.1, -0.05) is 29.8 Å². The van der Waals surface area contributed by atoms with Gasteiger partial charge in [-0.15, -0.1) is 5.10 Å². The molecule has 3 amide bonds. The fourth-order valence-electron chi connectivity index (χ4n) is 9.55. The summed E-state index contributed by atoms with van der Waals surface area (Å²) < 4.78 is 33.2. The molecule has 10 rings (SSSR count). The number of alkyl halides is 2. The van der Waals surface area contributed by atoms with Gasteiger partial charge in [-0.3, -0.25) is 34.5 Å². The fourth-order valence-corrected chi connectivity index (χ4v) is 9.85. The van der Waals surface area contributed by atoms with Crippen molar-refractivity contribution in [1.29, 1.82) is 0 Å². The number of benzene rings is 2. The maximum atomic E-state index is 15.8. The highest BCUT2D eigenvalue weighted by Gasteiger charge is 2.45. The highest BCUT2D eigenvalue weighted by Crippen LogP contribution is 2.41. The largest absolute Gasteiger partial charge is 0.385 e. The van der Waals surface area contributed by atoms with Crippen LogP contribution in [0.4, 0.5) is 37.3 Å². The molecule has 2 aromatic carbocycles. The Kier molecular flexibility index (Phi) is 11.3. The molecule has 2 unspecified atom stereocenters. The number of pyridine rings is 1. The number of hydrogen-bond donors (Lipinski definition) is 4. The van der Waals surface area contributed by atoms with Gasteiger partial charge in [0.2, 0.25) is 11.8 Å². The van der Waals surface area contributed by atoms with E-state index in [1.54, 1.807) is 16.8 Å². The van der Waals surface area contributed by atoms with Crippen molar-refractivity contribution in [3.05, 3.63) is 88.8 Å². The highest BCUT2D eigenvalue weighted by molar-refractivity contribution is 6.33. The lowest BCUT2D eigenvalue weighted by atomic mass is 9.91. The van der Waals surface area contributed by atoms with Crippen LogP contribution < -0.4 is 31.1 Å². The Labute approximate surface area is 374 Å². The minimum atomic E-state index is -2.83. The van der Waals surface area contributed by atoms with Crippen LogP contribution in [0.2, 0.25) is 5.02 Å². The Morgan fingerprint density at radius 3 is 2.48 bits per heavy atom.